The first-order valence-electron chi connectivity index (χ1n) is 8.25. The largest absolute Gasteiger partial charge is 0.497 e. The summed E-state index contributed by atoms with van der Waals surface area (Å²) < 4.78 is 10.8. The normalized spacial score (nSPS) is 25.0. The summed E-state index contributed by atoms with van der Waals surface area (Å²) in [5.74, 6) is 0.668. The van der Waals surface area contributed by atoms with E-state index in [0.29, 0.717) is 13.2 Å². The summed E-state index contributed by atoms with van der Waals surface area (Å²) in [7, 11) is 3.21. The van der Waals surface area contributed by atoms with Gasteiger partial charge in [-0.1, -0.05) is 12.1 Å². The third-order valence-corrected chi connectivity index (χ3v) is 5.07. The lowest BCUT2D eigenvalue weighted by molar-refractivity contribution is -0.163. The molecule has 2 aliphatic rings. The van der Waals surface area contributed by atoms with Gasteiger partial charge in [-0.3, -0.25) is 9.59 Å². The van der Waals surface area contributed by atoms with E-state index in [1.807, 2.05) is 24.3 Å². The first kappa shape index (κ1) is 16.8. The number of likely N-dealkylation sites (N-methyl/N-ethyl adjacent to an activating group) is 1. The third kappa shape index (κ3) is 2.75. The fourth-order valence-corrected chi connectivity index (χ4v) is 3.41. The van der Waals surface area contributed by atoms with Crippen molar-refractivity contribution in [1.29, 1.82) is 0 Å². The van der Waals surface area contributed by atoms with Gasteiger partial charge < -0.3 is 19.7 Å². The molecule has 0 aromatic heterocycles. The number of ether oxygens (including phenoxy) is 2. The minimum atomic E-state index is -0.987. The molecule has 1 aromatic rings. The van der Waals surface area contributed by atoms with E-state index in [4.69, 9.17) is 9.47 Å². The highest BCUT2D eigenvalue weighted by molar-refractivity contribution is 5.92. The van der Waals surface area contributed by atoms with Crippen LogP contribution in [-0.4, -0.2) is 56.2 Å². The molecule has 130 valence electrons. The van der Waals surface area contributed by atoms with Gasteiger partial charge in [0.05, 0.1) is 25.7 Å². The maximum atomic E-state index is 13.1. The Kier molecular flexibility index (Phi) is 4.25. The van der Waals surface area contributed by atoms with Crippen molar-refractivity contribution in [3.8, 4) is 5.75 Å². The fourth-order valence-electron chi connectivity index (χ4n) is 3.41. The number of methoxy groups -OCH3 is 1. The van der Waals surface area contributed by atoms with Crippen LogP contribution in [0.3, 0.4) is 0 Å². The van der Waals surface area contributed by atoms with E-state index in [1.165, 1.54) is 0 Å². The summed E-state index contributed by atoms with van der Waals surface area (Å²) in [4.78, 5) is 27.0. The minimum absolute atomic E-state index is 0.0890. The van der Waals surface area contributed by atoms with Crippen LogP contribution in [0, 0.1) is 0 Å². The smallest absolute Gasteiger partial charge is 0.253 e. The highest BCUT2D eigenvalue weighted by Crippen LogP contribution is 2.50. The summed E-state index contributed by atoms with van der Waals surface area (Å²) in [6.45, 7) is 2.90. The van der Waals surface area contributed by atoms with E-state index in [-0.39, 0.29) is 18.4 Å². The van der Waals surface area contributed by atoms with E-state index in [2.05, 4.69) is 5.32 Å². The zero-order chi connectivity index (χ0) is 17.4. The number of hydrogen-bond donors (Lipinski definition) is 1. The average Bonchev–Trinajstić information content (AvgIpc) is 3.42. The molecule has 0 unspecified atom stereocenters. The Hall–Kier alpha value is -2.08. The molecule has 24 heavy (non-hydrogen) atoms. The van der Waals surface area contributed by atoms with Crippen LogP contribution in [0.5, 0.6) is 5.75 Å². The first-order valence-corrected chi connectivity index (χ1v) is 8.25. The number of carbonyl (C=O) groups is 2. The van der Waals surface area contributed by atoms with Gasteiger partial charge in [0.2, 0.25) is 5.91 Å². The summed E-state index contributed by atoms with van der Waals surface area (Å²) >= 11 is 0. The maximum Gasteiger partial charge on any atom is 0.253 e. The number of carbonyl (C=O) groups excluding carboxylic acids is 2. The molecule has 0 radical (unpaired) electrons. The highest BCUT2D eigenvalue weighted by atomic mass is 16.5. The summed E-state index contributed by atoms with van der Waals surface area (Å²) in [6.07, 6.45) is 1.68. The van der Waals surface area contributed by atoms with Gasteiger partial charge >= 0.3 is 0 Å². The van der Waals surface area contributed by atoms with Crippen molar-refractivity contribution >= 4 is 11.8 Å². The number of rotatable bonds is 4. The van der Waals surface area contributed by atoms with Crippen LogP contribution in [0.4, 0.5) is 0 Å². The topological polar surface area (TPSA) is 67.9 Å². The molecular formula is C18H24N2O4. The van der Waals surface area contributed by atoms with Gasteiger partial charge in [-0.15, -0.1) is 0 Å². The Labute approximate surface area is 142 Å². The van der Waals surface area contributed by atoms with Crippen LogP contribution in [0.2, 0.25) is 0 Å². The molecule has 1 heterocycles. The number of amides is 2. The minimum Gasteiger partial charge on any atom is -0.497 e. The molecular weight excluding hydrogens is 308 g/mol. The van der Waals surface area contributed by atoms with Crippen LogP contribution in [0.25, 0.3) is 0 Å². The average molecular weight is 332 g/mol. The molecule has 1 saturated heterocycles. The van der Waals surface area contributed by atoms with Gasteiger partial charge in [0, 0.05) is 13.6 Å². The molecule has 6 heteroatoms. The third-order valence-electron chi connectivity index (χ3n) is 5.07. The van der Waals surface area contributed by atoms with Crippen LogP contribution >= 0.6 is 0 Å². The van der Waals surface area contributed by atoms with Crippen LogP contribution in [0.1, 0.15) is 25.3 Å². The zero-order valence-electron chi connectivity index (χ0n) is 14.4. The molecule has 1 atom stereocenters. The summed E-state index contributed by atoms with van der Waals surface area (Å²) in [5, 5.41) is 2.62. The van der Waals surface area contributed by atoms with Gasteiger partial charge in [0.1, 0.15) is 5.75 Å². The van der Waals surface area contributed by atoms with Crippen molar-refractivity contribution < 1.29 is 19.1 Å². The number of nitrogens with zero attached hydrogens (tertiary/aromatic N) is 1. The highest BCUT2D eigenvalue weighted by Gasteiger charge is 2.54. The van der Waals surface area contributed by atoms with Crippen molar-refractivity contribution in [3.05, 3.63) is 29.8 Å². The van der Waals surface area contributed by atoms with Crippen molar-refractivity contribution in [3.63, 3.8) is 0 Å². The van der Waals surface area contributed by atoms with Crippen molar-refractivity contribution in [2.75, 3.05) is 33.9 Å². The van der Waals surface area contributed by atoms with E-state index in [0.717, 1.165) is 24.2 Å². The Morgan fingerprint density at radius 1 is 1.25 bits per heavy atom. The second-order valence-corrected chi connectivity index (χ2v) is 6.70. The number of nitrogens with one attached hydrogen (secondary N) is 1. The molecule has 0 bridgehead atoms. The van der Waals surface area contributed by atoms with E-state index in [9.17, 15) is 9.59 Å². The van der Waals surface area contributed by atoms with Crippen LogP contribution in [0.15, 0.2) is 24.3 Å². The second kappa shape index (κ2) is 6.09. The van der Waals surface area contributed by atoms with Crippen LogP contribution < -0.4 is 10.1 Å². The Morgan fingerprint density at radius 2 is 1.92 bits per heavy atom. The Morgan fingerprint density at radius 3 is 2.46 bits per heavy atom. The van der Waals surface area contributed by atoms with Gasteiger partial charge in [-0.05, 0) is 37.5 Å². The zero-order valence-corrected chi connectivity index (χ0v) is 14.4. The predicted molar refractivity (Wildman–Crippen MR) is 88.9 cm³/mol. The summed E-state index contributed by atoms with van der Waals surface area (Å²) in [5.41, 5.74) is -0.423. The molecule has 1 N–H and O–H groups in total. The number of benzene rings is 1. The maximum absolute atomic E-state index is 13.1. The molecule has 2 amide bonds. The SMILES string of the molecule is CNC(=O)[C@@]1(C)CN(C(=O)C2(c3ccc(OC)cc3)CC2)CCO1. The standard InChI is InChI=1S/C18H24N2O4/c1-17(15(21)19-2)12-20(10-11-24-17)16(22)18(8-9-18)13-4-6-14(23-3)7-5-13/h4-7H,8-12H2,1-3H3,(H,19,21)/t17-/m1/s1. The van der Waals surface area contributed by atoms with Crippen molar-refractivity contribution in [2.24, 2.45) is 0 Å². The van der Waals surface area contributed by atoms with E-state index in [1.54, 1.807) is 26.0 Å². The van der Waals surface area contributed by atoms with Crippen molar-refractivity contribution in [1.82, 2.24) is 10.2 Å². The Bertz CT molecular complexity index is 639. The quantitative estimate of drug-likeness (QED) is 0.896. The predicted octanol–water partition coefficient (Wildman–Crippen LogP) is 1.09. The van der Waals surface area contributed by atoms with Gasteiger partial charge in [0.15, 0.2) is 5.60 Å². The first-order chi connectivity index (χ1) is 11.4. The lowest BCUT2D eigenvalue weighted by atomic mass is 9.92. The van der Waals surface area contributed by atoms with Gasteiger partial charge in [-0.2, -0.15) is 0 Å². The molecule has 3 rings (SSSR count). The number of hydrogen-bond acceptors (Lipinski definition) is 4. The molecule has 0 spiro atoms. The Balaban J connectivity index is 1.79. The monoisotopic (exact) mass is 332 g/mol. The molecule has 1 aliphatic heterocycles. The fraction of sp³-hybridized carbons (Fsp3) is 0.556. The lowest BCUT2D eigenvalue weighted by Gasteiger charge is -2.40. The second-order valence-electron chi connectivity index (χ2n) is 6.70. The molecule has 1 aromatic carbocycles. The van der Waals surface area contributed by atoms with Crippen molar-refractivity contribution in [2.45, 2.75) is 30.8 Å². The molecule has 1 aliphatic carbocycles. The van der Waals surface area contributed by atoms with E-state index < -0.39 is 11.0 Å². The lowest BCUT2D eigenvalue weighted by Crippen LogP contribution is -2.60. The molecule has 6 nitrogen and oxygen atoms in total. The number of morpholine rings is 1. The van der Waals surface area contributed by atoms with Crippen LogP contribution in [-0.2, 0) is 19.7 Å². The van der Waals surface area contributed by atoms with Gasteiger partial charge in [0.25, 0.3) is 5.91 Å². The van der Waals surface area contributed by atoms with Gasteiger partial charge in [-0.25, -0.2) is 0 Å². The van der Waals surface area contributed by atoms with E-state index >= 15 is 0 Å². The summed E-state index contributed by atoms with van der Waals surface area (Å²) in [6, 6.07) is 7.69. The molecule has 1 saturated carbocycles. The molecule has 2 fully saturated rings.